The largest absolute Gasteiger partial charge is 0.348 e. The second-order valence-electron chi connectivity index (χ2n) is 8.69. The van der Waals surface area contributed by atoms with Gasteiger partial charge in [-0.15, -0.1) is 0 Å². The normalized spacial score (nSPS) is 12.2. The molecule has 4 rings (SSSR count). The van der Waals surface area contributed by atoms with Gasteiger partial charge in [0.2, 0.25) is 11.9 Å². The van der Waals surface area contributed by atoms with E-state index in [0.717, 1.165) is 5.69 Å². The lowest BCUT2D eigenvalue weighted by atomic mass is 10.1. The molecule has 38 heavy (non-hydrogen) atoms. The molecule has 0 spiro atoms. The number of para-hydroxylation sites is 1. The average molecular weight is 555 g/mol. The van der Waals surface area contributed by atoms with Crippen molar-refractivity contribution in [2.24, 2.45) is 5.73 Å². The molecule has 0 unspecified atom stereocenters. The minimum absolute atomic E-state index is 0.147. The highest BCUT2D eigenvalue weighted by atomic mass is 35.5. The number of amides is 1. The summed E-state index contributed by atoms with van der Waals surface area (Å²) in [4.78, 5) is 28.1. The summed E-state index contributed by atoms with van der Waals surface area (Å²) in [6, 6.07) is 12.8. The molecule has 0 radical (unpaired) electrons. The Bertz CT molecular complexity index is 1530. The fraction of sp³-hybridized carbons (Fsp3) is 0.200. The number of hydrogen-bond donors (Lipinski definition) is 5. The predicted octanol–water partition coefficient (Wildman–Crippen LogP) is 4.03. The van der Waals surface area contributed by atoms with Crippen molar-refractivity contribution in [3.05, 3.63) is 78.0 Å². The molecule has 0 saturated carbocycles. The number of H-pyrrole nitrogens is 1. The SMILES string of the molecule is CC(C)S(=O)(=O)c1ccccc1Nc1nc(Nc2cccc(NC(=O)[C@@H](N)Cc3cnc[nH]3)c2)ncc1Cl. The van der Waals surface area contributed by atoms with E-state index in [4.69, 9.17) is 17.3 Å². The Morgan fingerprint density at radius 3 is 2.58 bits per heavy atom. The molecule has 1 amide bonds. The predicted molar refractivity (Wildman–Crippen MR) is 148 cm³/mol. The summed E-state index contributed by atoms with van der Waals surface area (Å²) in [5.41, 5.74) is 8.25. The number of hydrogen-bond acceptors (Lipinski definition) is 9. The van der Waals surface area contributed by atoms with Gasteiger partial charge in [0.05, 0.1) is 34.4 Å². The molecular weight excluding hydrogens is 528 g/mol. The quantitative estimate of drug-likeness (QED) is 0.194. The molecule has 0 fully saturated rings. The Labute approximate surface area is 225 Å². The Morgan fingerprint density at radius 1 is 1.08 bits per heavy atom. The van der Waals surface area contributed by atoms with Gasteiger partial charge in [-0.2, -0.15) is 4.98 Å². The first-order valence-corrected chi connectivity index (χ1v) is 13.6. The van der Waals surface area contributed by atoms with Gasteiger partial charge in [-0.1, -0.05) is 29.8 Å². The summed E-state index contributed by atoms with van der Waals surface area (Å²) < 4.78 is 25.6. The number of sulfone groups is 1. The maximum atomic E-state index is 12.8. The van der Waals surface area contributed by atoms with Gasteiger partial charge in [0, 0.05) is 29.7 Å². The molecule has 2 aromatic carbocycles. The standard InChI is InChI=1S/C25H27ClN8O3S/c1-15(2)38(36,37)22-9-4-3-8-21(22)33-23-19(26)13-29-25(34-23)32-17-7-5-6-16(10-17)31-24(35)20(27)11-18-12-28-14-30-18/h3-10,12-15,20H,11,27H2,1-2H3,(H,28,30)(H,31,35)(H2,29,32,33,34)/t20-/m0/s1. The monoisotopic (exact) mass is 554 g/mol. The zero-order chi connectivity index (χ0) is 27.3. The number of anilines is 5. The highest BCUT2D eigenvalue weighted by Gasteiger charge is 2.23. The number of halogens is 1. The highest BCUT2D eigenvalue weighted by molar-refractivity contribution is 7.92. The number of aromatic nitrogens is 4. The zero-order valence-electron chi connectivity index (χ0n) is 20.6. The van der Waals surface area contributed by atoms with Crippen LogP contribution in [0.25, 0.3) is 0 Å². The molecule has 2 aromatic heterocycles. The summed E-state index contributed by atoms with van der Waals surface area (Å²) in [5.74, 6) is 0.0892. The minimum Gasteiger partial charge on any atom is -0.348 e. The lowest BCUT2D eigenvalue weighted by Crippen LogP contribution is -2.37. The van der Waals surface area contributed by atoms with Crippen LogP contribution in [-0.4, -0.2) is 45.6 Å². The van der Waals surface area contributed by atoms with Crippen LogP contribution in [0.2, 0.25) is 5.02 Å². The van der Waals surface area contributed by atoms with Crippen LogP contribution < -0.4 is 21.7 Å². The molecule has 0 aliphatic carbocycles. The number of aromatic amines is 1. The van der Waals surface area contributed by atoms with Crippen molar-refractivity contribution in [1.29, 1.82) is 0 Å². The molecule has 13 heteroatoms. The lowest BCUT2D eigenvalue weighted by molar-refractivity contribution is -0.117. The van der Waals surface area contributed by atoms with Gasteiger partial charge in [0.25, 0.3) is 0 Å². The van der Waals surface area contributed by atoms with Gasteiger partial charge in [0.15, 0.2) is 15.7 Å². The third-order valence-electron chi connectivity index (χ3n) is 5.53. The van der Waals surface area contributed by atoms with Crippen LogP contribution in [0.3, 0.4) is 0 Å². The summed E-state index contributed by atoms with van der Waals surface area (Å²) in [6.07, 6.45) is 4.87. The van der Waals surface area contributed by atoms with E-state index in [0.29, 0.717) is 23.5 Å². The van der Waals surface area contributed by atoms with Gasteiger partial charge in [-0.25, -0.2) is 18.4 Å². The molecule has 0 aliphatic rings. The van der Waals surface area contributed by atoms with Crippen molar-refractivity contribution in [3.63, 3.8) is 0 Å². The molecule has 0 bridgehead atoms. The van der Waals surface area contributed by atoms with Gasteiger partial charge < -0.3 is 26.7 Å². The lowest BCUT2D eigenvalue weighted by Gasteiger charge is -2.15. The first-order chi connectivity index (χ1) is 18.1. The van der Waals surface area contributed by atoms with E-state index < -0.39 is 21.1 Å². The van der Waals surface area contributed by atoms with Crippen LogP contribution in [-0.2, 0) is 21.1 Å². The molecule has 2 heterocycles. The molecule has 11 nitrogen and oxygen atoms in total. The van der Waals surface area contributed by atoms with E-state index in [2.05, 4.69) is 35.9 Å². The topological polar surface area (TPSA) is 168 Å². The Hall–Kier alpha value is -4.00. The third-order valence-corrected chi connectivity index (χ3v) is 8.02. The second-order valence-corrected chi connectivity index (χ2v) is 11.6. The number of benzene rings is 2. The van der Waals surface area contributed by atoms with Gasteiger partial charge in [0.1, 0.15) is 5.02 Å². The highest BCUT2D eigenvalue weighted by Crippen LogP contribution is 2.30. The van der Waals surface area contributed by atoms with Crippen molar-refractivity contribution < 1.29 is 13.2 Å². The van der Waals surface area contributed by atoms with Gasteiger partial charge >= 0.3 is 0 Å². The van der Waals surface area contributed by atoms with E-state index in [-0.39, 0.29) is 27.6 Å². The second kappa shape index (κ2) is 11.6. The van der Waals surface area contributed by atoms with Crippen LogP contribution in [0.4, 0.5) is 28.8 Å². The maximum absolute atomic E-state index is 12.8. The smallest absolute Gasteiger partial charge is 0.241 e. The Morgan fingerprint density at radius 2 is 1.84 bits per heavy atom. The van der Waals surface area contributed by atoms with Gasteiger partial charge in [-0.3, -0.25) is 4.79 Å². The van der Waals surface area contributed by atoms with E-state index in [9.17, 15) is 13.2 Å². The fourth-order valence-corrected chi connectivity index (χ4v) is 4.82. The van der Waals surface area contributed by atoms with Crippen molar-refractivity contribution in [2.75, 3.05) is 16.0 Å². The number of carbonyl (C=O) groups is 1. The van der Waals surface area contributed by atoms with Crippen LogP contribution in [0.15, 0.2) is 72.1 Å². The van der Waals surface area contributed by atoms with Crippen LogP contribution in [0.5, 0.6) is 0 Å². The summed E-state index contributed by atoms with van der Waals surface area (Å²) in [7, 11) is -3.55. The number of rotatable bonds is 10. The van der Waals surface area contributed by atoms with Crippen molar-refractivity contribution in [3.8, 4) is 0 Å². The number of carbonyl (C=O) groups excluding carboxylic acids is 1. The van der Waals surface area contributed by atoms with Crippen molar-refractivity contribution in [1.82, 2.24) is 19.9 Å². The summed E-state index contributed by atoms with van der Waals surface area (Å²) >= 11 is 6.31. The summed E-state index contributed by atoms with van der Waals surface area (Å²) in [5, 5.41) is 8.48. The molecule has 0 saturated heterocycles. The van der Waals surface area contributed by atoms with Crippen molar-refractivity contribution >= 4 is 56.2 Å². The van der Waals surface area contributed by atoms with Crippen molar-refractivity contribution in [2.45, 2.75) is 36.5 Å². The number of nitrogens with two attached hydrogens (primary N) is 1. The molecule has 1 atom stereocenters. The Kier molecular flexibility index (Phi) is 8.25. The molecule has 0 aliphatic heterocycles. The number of nitrogens with one attached hydrogen (secondary N) is 4. The van der Waals surface area contributed by atoms with E-state index in [1.807, 2.05) is 0 Å². The molecular formula is C25H27ClN8O3S. The molecule has 4 aromatic rings. The number of imidazole rings is 1. The maximum Gasteiger partial charge on any atom is 0.241 e. The van der Waals surface area contributed by atoms with Crippen LogP contribution >= 0.6 is 11.6 Å². The first-order valence-electron chi connectivity index (χ1n) is 11.7. The third kappa shape index (κ3) is 6.46. The van der Waals surface area contributed by atoms with E-state index >= 15 is 0 Å². The summed E-state index contributed by atoms with van der Waals surface area (Å²) in [6.45, 7) is 3.24. The minimum atomic E-state index is -3.55. The Balaban J connectivity index is 1.49. The molecule has 6 N–H and O–H groups in total. The fourth-order valence-electron chi connectivity index (χ4n) is 3.48. The molecule has 198 valence electrons. The van der Waals surface area contributed by atoms with Gasteiger partial charge in [-0.05, 0) is 44.2 Å². The van der Waals surface area contributed by atoms with Crippen LogP contribution in [0.1, 0.15) is 19.5 Å². The number of nitrogens with zero attached hydrogens (tertiary/aromatic N) is 3. The average Bonchev–Trinajstić information content (AvgIpc) is 3.39. The van der Waals surface area contributed by atoms with E-state index in [1.165, 1.54) is 18.6 Å². The first kappa shape index (κ1) is 27.0. The van der Waals surface area contributed by atoms with E-state index in [1.54, 1.807) is 62.5 Å². The zero-order valence-corrected chi connectivity index (χ0v) is 22.2. The van der Waals surface area contributed by atoms with Crippen LogP contribution in [0, 0.1) is 0 Å².